The van der Waals surface area contributed by atoms with Crippen LogP contribution in [-0.4, -0.2) is 46.0 Å². The van der Waals surface area contributed by atoms with Crippen LogP contribution in [0.15, 0.2) is 24.3 Å². The summed E-state index contributed by atoms with van der Waals surface area (Å²) in [5.41, 5.74) is 2.12. The molecule has 0 unspecified atom stereocenters. The molecule has 0 aromatic heterocycles. The molecule has 0 aliphatic carbocycles. The zero-order valence-electron chi connectivity index (χ0n) is 10.6. The number of hydrogen-bond donors (Lipinski definition) is 0. The smallest absolute Gasteiger partial charge is 0.113 e. The largest absolute Gasteiger partial charge is 0.369 e. The molecule has 0 saturated carbocycles. The fraction of sp³-hybridized carbons (Fsp3) is 0.538. The number of benzene rings is 1. The van der Waals surface area contributed by atoms with E-state index in [0.29, 0.717) is 0 Å². The van der Waals surface area contributed by atoms with Crippen LogP contribution in [0.1, 0.15) is 13.8 Å². The van der Waals surface area contributed by atoms with E-state index in [0.717, 1.165) is 31.6 Å². The fourth-order valence-electron chi connectivity index (χ4n) is 1.75. The van der Waals surface area contributed by atoms with Gasteiger partial charge in [-0.05, 0) is 19.2 Å². The molecule has 0 atom stereocenters. The lowest BCUT2D eigenvalue weighted by atomic mass is 9.96. The molecule has 0 N–H and O–H groups in total. The maximum absolute atomic E-state index is 5.65. The summed E-state index contributed by atoms with van der Waals surface area (Å²) in [6, 6.07) is 8.13. The number of likely N-dealkylation sites (N-methyl/N-ethyl adjacent to an activating group) is 1. The number of piperazine rings is 1. The highest BCUT2D eigenvalue weighted by Crippen LogP contribution is 2.13. The van der Waals surface area contributed by atoms with Gasteiger partial charge in [0.1, 0.15) is 7.85 Å². The maximum Gasteiger partial charge on any atom is 0.113 e. The van der Waals surface area contributed by atoms with Crippen LogP contribution >= 0.6 is 0 Å². The summed E-state index contributed by atoms with van der Waals surface area (Å²) >= 11 is 0. The first kappa shape index (κ1) is 13.1. The molecule has 2 nitrogen and oxygen atoms in total. The van der Waals surface area contributed by atoms with Gasteiger partial charge in [-0.15, -0.1) is 0 Å². The summed E-state index contributed by atoms with van der Waals surface area (Å²) in [7, 11) is 7.82. The third kappa shape index (κ3) is 3.56. The van der Waals surface area contributed by atoms with Crippen LogP contribution in [0.3, 0.4) is 0 Å². The molecular formula is C13H21BN2. The van der Waals surface area contributed by atoms with Crippen LogP contribution in [-0.2, 0) is 0 Å². The SMILES string of the molecule is CC.[B]c1ccc(N2CCN(C)CC2)cc1. The van der Waals surface area contributed by atoms with Gasteiger partial charge >= 0.3 is 0 Å². The minimum atomic E-state index is 0.836. The molecule has 16 heavy (non-hydrogen) atoms. The summed E-state index contributed by atoms with van der Waals surface area (Å²) in [4.78, 5) is 4.76. The average Bonchev–Trinajstić information content (AvgIpc) is 2.34. The van der Waals surface area contributed by atoms with E-state index < -0.39 is 0 Å². The summed E-state index contributed by atoms with van der Waals surface area (Å²) in [6.45, 7) is 8.51. The van der Waals surface area contributed by atoms with Crippen LogP contribution in [0.25, 0.3) is 0 Å². The summed E-state index contributed by atoms with van der Waals surface area (Å²) < 4.78 is 0. The zero-order chi connectivity index (χ0) is 12.0. The molecule has 1 heterocycles. The van der Waals surface area contributed by atoms with Crippen molar-refractivity contribution in [2.45, 2.75) is 13.8 Å². The third-order valence-corrected chi connectivity index (χ3v) is 2.76. The van der Waals surface area contributed by atoms with Gasteiger partial charge in [-0.2, -0.15) is 0 Å². The lowest BCUT2D eigenvalue weighted by molar-refractivity contribution is 0.313. The predicted octanol–water partition coefficient (Wildman–Crippen LogP) is 1.26. The lowest BCUT2D eigenvalue weighted by Gasteiger charge is -2.34. The Hall–Kier alpha value is -0.955. The average molecular weight is 216 g/mol. The predicted molar refractivity (Wildman–Crippen MR) is 72.9 cm³/mol. The normalized spacial score (nSPS) is 16.6. The second kappa shape index (κ2) is 6.59. The molecule has 86 valence electrons. The van der Waals surface area contributed by atoms with Crippen LogP contribution in [0.4, 0.5) is 5.69 Å². The molecule has 2 rings (SSSR count). The Labute approximate surface area is 101 Å². The summed E-state index contributed by atoms with van der Waals surface area (Å²) in [5, 5.41) is 0. The third-order valence-electron chi connectivity index (χ3n) is 2.76. The molecular weight excluding hydrogens is 195 g/mol. The molecule has 0 spiro atoms. The fourth-order valence-corrected chi connectivity index (χ4v) is 1.75. The molecule has 1 saturated heterocycles. The van der Waals surface area contributed by atoms with Crippen molar-refractivity contribution in [1.29, 1.82) is 0 Å². The first-order valence-electron chi connectivity index (χ1n) is 6.05. The highest BCUT2D eigenvalue weighted by molar-refractivity contribution is 6.32. The Morgan fingerprint density at radius 1 is 0.938 bits per heavy atom. The van der Waals surface area contributed by atoms with Crippen molar-refractivity contribution < 1.29 is 0 Å². The van der Waals surface area contributed by atoms with Crippen molar-refractivity contribution in [3.8, 4) is 0 Å². The molecule has 0 amide bonds. The quantitative estimate of drug-likeness (QED) is 0.652. The van der Waals surface area contributed by atoms with Crippen LogP contribution in [0, 0.1) is 0 Å². The molecule has 1 aromatic rings. The van der Waals surface area contributed by atoms with Gasteiger partial charge in [-0.1, -0.05) is 31.4 Å². The first-order chi connectivity index (χ1) is 7.75. The molecule has 0 bridgehead atoms. The minimum absolute atomic E-state index is 0.836. The van der Waals surface area contributed by atoms with E-state index in [2.05, 4.69) is 29.0 Å². The van der Waals surface area contributed by atoms with Crippen molar-refractivity contribution in [3.63, 3.8) is 0 Å². The molecule has 1 aromatic carbocycles. The molecule has 3 heteroatoms. The van der Waals surface area contributed by atoms with Crippen LogP contribution in [0.5, 0.6) is 0 Å². The Balaban J connectivity index is 0.000000606. The van der Waals surface area contributed by atoms with E-state index in [4.69, 9.17) is 7.85 Å². The maximum atomic E-state index is 5.65. The van der Waals surface area contributed by atoms with Crippen molar-refractivity contribution in [3.05, 3.63) is 24.3 Å². The molecule has 1 aliphatic heterocycles. The van der Waals surface area contributed by atoms with Crippen molar-refractivity contribution in [2.75, 3.05) is 38.1 Å². The topological polar surface area (TPSA) is 6.48 Å². The second-order valence-electron chi connectivity index (χ2n) is 3.88. The summed E-state index contributed by atoms with van der Waals surface area (Å²) in [5.74, 6) is 0. The number of nitrogens with zero attached hydrogens (tertiary/aromatic N) is 2. The van der Waals surface area contributed by atoms with E-state index in [1.807, 2.05) is 26.0 Å². The Kier molecular flexibility index (Phi) is 5.40. The number of rotatable bonds is 1. The van der Waals surface area contributed by atoms with Crippen molar-refractivity contribution in [1.82, 2.24) is 4.90 Å². The van der Waals surface area contributed by atoms with E-state index in [1.165, 1.54) is 5.69 Å². The highest BCUT2D eigenvalue weighted by Gasteiger charge is 2.13. The highest BCUT2D eigenvalue weighted by atomic mass is 15.2. The molecule has 1 aliphatic rings. The van der Waals surface area contributed by atoms with E-state index >= 15 is 0 Å². The zero-order valence-corrected chi connectivity index (χ0v) is 10.6. The van der Waals surface area contributed by atoms with E-state index in [1.54, 1.807) is 0 Å². The van der Waals surface area contributed by atoms with Crippen LogP contribution in [0.2, 0.25) is 0 Å². The first-order valence-corrected chi connectivity index (χ1v) is 6.05. The molecule has 2 radical (unpaired) electrons. The van der Waals surface area contributed by atoms with Crippen LogP contribution < -0.4 is 10.4 Å². The van der Waals surface area contributed by atoms with E-state index in [9.17, 15) is 0 Å². The minimum Gasteiger partial charge on any atom is -0.369 e. The van der Waals surface area contributed by atoms with Crippen molar-refractivity contribution >= 4 is 19.0 Å². The van der Waals surface area contributed by atoms with E-state index in [-0.39, 0.29) is 0 Å². The van der Waals surface area contributed by atoms with Gasteiger partial charge in [0.15, 0.2) is 0 Å². The number of hydrogen-bond acceptors (Lipinski definition) is 2. The van der Waals surface area contributed by atoms with Gasteiger partial charge in [0, 0.05) is 31.9 Å². The Bertz CT molecular complexity index is 289. The Morgan fingerprint density at radius 2 is 1.44 bits per heavy atom. The monoisotopic (exact) mass is 216 g/mol. The van der Waals surface area contributed by atoms with Gasteiger partial charge in [0.05, 0.1) is 0 Å². The number of anilines is 1. The van der Waals surface area contributed by atoms with Crippen molar-refractivity contribution in [2.24, 2.45) is 0 Å². The van der Waals surface area contributed by atoms with Gasteiger partial charge in [0.2, 0.25) is 0 Å². The van der Waals surface area contributed by atoms with Gasteiger partial charge < -0.3 is 9.80 Å². The van der Waals surface area contributed by atoms with Gasteiger partial charge in [0.25, 0.3) is 0 Å². The lowest BCUT2D eigenvalue weighted by Crippen LogP contribution is -2.44. The second-order valence-corrected chi connectivity index (χ2v) is 3.88. The molecule has 1 fully saturated rings. The summed E-state index contributed by atoms with van der Waals surface area (Å²) in [6.07, 6.45) is 0. The standard InChI is InChI=1S/C11H15BN2.C2H6/c1-13-6-8-14(9-7-13)11-4-2-10(12)3-5-11;1-2/h2-5H,6-9H2,1H3;1-2H3. The van der Waals surface area contributed by atoms with Gasteiger partial charge in [-0.3, -0.25) is 0 Å². The Morgan fingerprint density at radius 3 is 1.94 bits per heavy atom. The van der Waals surface area contributed by atoms with Gasteiger partial charge in [-0.25, -0.2) is 0 Å².